The minimum atomic E-state index is -0.872. The van der Waals surface area contributed by atoms with Gasteiger partial charge >= 0.3 is 5.97 Å². The van der Waals surface area contributed by atoms with E-state index in [1.54, 1.807) is 6.92 Å². The molecule has 0 saturated heterocycles. The lowest BCUT2D eigenvalue weighted by Gasteiger charge is -2.29. The SMILES string of the molecule is CCN[C@@H](C(=O)O)[C@@H](C)OC(C)(C)C. The van der Waals surface area contributed by atoms with Crippen molar-refractivity contribution in [1.29, 1.82) is 0 Å². The van der Waals surface area contributed by atoms with E-state index < -0.39 is 12.0 Å². The van der Waals surface area contributed by atoms with Crippen LogP contribution in [0.3, 0.4) is 0 Å². The first kappa shape index (κ1) is 13.4. The number of hydrogen-bond donors (Lipinski definition) is 2. The Morgan fingerprint density at radius 3 is 2.29 bits per heavy atom. The molecule has 2 N–H and O–H groups in total. The van der Waals surface area contributed by atoms with Gasteiger partial charge in [-0.15, -0.1) is 0 Å². The van der Waals surface area contributed by atoms with E-state index in [-0.39, 0.29) is 11.7 Å². The number of rotatable bonds is 5. The largest absolute Gasteiger partial charge is 0.480 e. The molecule has 0 aromatic carbocycles. The Morgan fingerprint density at radius 2 is 2.00 bits per heavy atom. The molecule has 0 aliphatic carbocycles. The Hall–Kier alpha value is -0.610. The van der Waals surface area contributed by atoms with Crippen molar-refractivity contribution in [3.63, 3.8) is 0 Å². The summed E-state index contributed by atoms with van der Waals surface area (Å²) in [5.74, 6) is -0.872. The number of likely N-dealkylation sites (N-methyl/N-ethyl adjacent to an activating group) is 1. The number of hydrogen-bond acceptors (Lipinski definition) is 3. The third kappa shape index (κ3) is 5.19. The fraction of sp³-hybridized carbons (Fsp3) is 0.900. The molecule has 0 saturated carbocycles. The summed E-state index contributed by atoms with van der Waals surface area (Å²) in [4.78, 5) is 10.9. The van der Waals surface area contributed by atoms with E-state index in [0.717, 1.165) is 0 Å². The average Bonchev–Trinajstić information content (AvgIpc) is 1.95. The van der Waals surface area contributed by atoms with Crippen LogP contribution in [0.15, 0.2) is 0 Å². The molecule has 0 heterocycles. The first-order chi connectivity index (χ1) is 6.28. The average molecular weight is 203 g/mol. The predicted octanol–water partition coefficient (Wildman–Crippen LogP) is 1.25. The van der Waals surface area contributed by atoms with E-state index in [1.165, 1.54) is 0 Å². The maximum absolute atomic E-state index is 10.9. The van der Waals surface area contributed by atoms with Crippen molar-refractivity contribution in [2.75, 3.05) is 6.54 Å². The fourth-order valence-electron chi connectivity index (χ4n) is 1.30. The normalized spacial score (nSPS) is 16.4. The topological polar surface area (TPSA) is 58.6 Å². The minimum Gasteiger partial charge on any atom is -0.480 e. The number of carboxylic acids is 1. The summed E-state index contributed by atoms with van der Waals surface area (Å²) < 4.78 is 5.57. The van der Waals surface area contributed by atoms with Crippen LogP contribution in [0.1, 0.15) is 34.6 Å². The molecule has 14 heavy (non-hydrogen) atoms. The molecule has 84 valence electrons. The summed E-state index contributed by atoms with van der Waals surface area (Å²) in [5, 5.41) is 11.8. The lowest BCUT2D eigenvalue weighted by atomic mass is 10.1. The van der Waals surface area contributed by atoms with Crippen LogP contribution in [-0.2, 0) is 9.53 Å². The number of carbonyl (C=O) groups is 1. The maximum Gasteiger partial charge on any atom is 0.323 e. The number of ether oxygens (including phenoxy) is 1. The van der Waals surface area contributed by atoms with E-state index >= 15 is 0 Å². The van der Waals surface area contributed by atoms with Crippen LogP contribution in [0.4, 0.5) is 0 Å². The molecule has 0 radical (unpaired) electrons. The monoisotopic (exact) mass is 203 g/mol. The summed E-state index contributed by atoms with van der Waals surface area (Å²) in [6, 6.07) is -0.640. The van der Waals surface area contributed by atoms with Crippen LogP contribution in [0, 0.1) is 0 Å². The van der Waals surface area contributed by atoms with Crippen LogP contribution in [0.5, 0.6) is 0 Å². The van der Waals surface area contributed by atoms with E-state index in [4.69, 9.17) is 9.84 Å². The third-order valence-corrected chi connectivity index (χ3v) is 1.70. The Morgan fingerprint density at radius 1 is 1.50 bits per heavy atom. The van der Waals surface area contributed by atoms with Crippen molar-refractivity contribution in [1.82, 2.24) is 5.32 Å². The minimum absolute atomic E-state index is 0.317. The molecule has 4 nitrogen and oxygen atoms in total. The Kier molecular flexibility index (Phi) is 5.08. The van der Waals surface area contributed by atoms with Gasteiger partial charge in [0.2, 0.25) is 0 Å². The first-order valence-corrected chi connectivity index (χ1v) is 4.92. The van der Waals surface area contributed by atoms with Gasteiger partial charge in [0.1, 0.15) is 6.04 Å². The van der Waals surface area contributed by atoms with Gasteiger partial charge in [-0.1, -0.05) is 6.92 Å². The van der Waals surface area contributed by atoms with E-state index in [0.29, 0.717) is 6.54 Å². The summed E-state index contributed by atoms with van der Waals surface area (Å²) in [6.07, 6.45) is -0.340. The Bertz CT molecular complexity index is 186. The zero-order chi connectivity index (χ0) is 11.4. The smallest absolute Gasteiger partial charge is 0.323 e. The molecule has 4 heteroatoms. The van der Waals surface area contributed by atoms with Gasteiger partial charge in [0, 0.05) is 0 Å². The van der Waals surface area contributed by atoms with Crippen molar-refractivity contribution < 1.29 is 14.6 Å². The molecule has 0 aromatic rings. The lowest BCUT2D eigenvalue weighted by Crippen LogP contribution is -2.48. The summed E-state index contributed by atoms with van der Waals surface area (Å²) >= 11 is 0. The number of aliphatic carboxylic acids is 1. The zero-order valence-electron chi connectivity index (χ0n) is 9.63. The second-order valence-electron chi connectivity index (χ2n) is 4.31. The highest BCUT2D eigenvalue weighted by molar-refractivity contribution is 5.74. The standard InChI is InChI=1S/C10H21NO3/c1-6-11-8(9(12)13)7(2)14-10(3,4)5/h7-8,11H,6H2,1-5H3,(H,12,13)/t7-,8-/m1/s1. The maximum atomic E-state index is 10.9. The fourth-order valence-corrected chi connectivity index (χ4v) is 1.30. The summed E-state index contributed by atoms with van der Waals surface area (Å²) in [5.41, 5.74) is -0.317. The molecular formula is C10H21NO3. The molecule has 0 aromatic heterocycles. The van der Waals surface area contributed by atoms with Gasteiger partial charge in [-0.05, 0) is 34.2 Å². The van der Waals surface area contributed by atoms with Gasteiger partial charge < -0.3 is 15.2 Å². The quantitative estimate of drug-likeness (QED) is 0.706. The van der Waals surface area contributed by atoms with Crippen LogP contribution in [-0.4, -0.2) is 35.4 Å². The number of nitrogens with one attached hydrogen (secondary N) is 1. The lowest BCUT2D eigenvalue weighted by molar-refractivity contribution is -0.147. The molecule has 0 unspecified atom stereocenters. The highest BCUT2D eigenvalue weighted by Crippen LogP contribution is 2.13. The van der Waals surface area contributed by atoms with Crippen molar-refractivity contribution in [2.24, 2.45) is 0 Å². The molecule has 2 atom stereocenters. The Balaban J connectivity index is 4.29. The third-order valence-electron chi connectivity index (χ3n) is 1.70. The molecule has 0 aliphatic rings. The first-order valence-electron chi connectivity index (χ1n) is 4.92. The second-order valence-corrected chi connectivity index (χ2v) is 4.31. The molecule has 0 bridgehead atoms. The van der Waals surface area contributed by atoms with Gasteiger partial charge in [0.05, 0.1) is 11.7 Å². The van der Waals surface area contributed by atoms with Gasteiger partial charge in [0.15, 0.2) is 0 Å². The van der Waals surface area contributed by atoms with Gasteiger partial charge in [-0.25, -0.2) is 0 Å². The van der Waals surface area contributed by atoms with Gasteiger partial charge in [0.25, 0.3) is 0 Å². The summed E-state index contributed by atoms with van der Waals surface area (Å²) in [6.45, 7) is 10.00. The molecule has 0 amide bonds. The highest BCUT2D eigenvalue weighted by Gasteiger charge is 2.27. The zero-order valence-corrected chi connectivity index (χ0v) is 9.63. The second kappa shape index (κ2) is 5.32. The van der Waals surface area contributed by atoms with Crippen LogP contribution in [0.25, 0.3) is 0 Å². The molecule has 0 aliphatic heterocycles. The van der Waals surface area contributed by atoms with Crippen molar-refractivity contribution in [3.8, 4) is 0 Å². The molecular weight excluding hydrogens is 182 g/mol. The predicted molar refractivity (Wildman–Crippen MR) is 55.4 cm³/mol. The van der Waals surface area contributed by atoms with Crippen LogP contribution < -0.4 is 5.32 Å². The van der Waals surface area contributed by atoms with Crippen molar-refractivity contribution >= 4 is 5.97 Å². The molecule has 0 rings (SSSR count). The van der Waals surface area contributed by atoms with Gasteiger partial charge in [-0.3, -0.25) is 4.79 Å². The Labute approximate surface area is 85.6 Å². The number of carboxylic acid groups (broad SMARTS) is 1. The van der Waals surface area contributed by atoms with Crippen molar-refractivity contribution in [3.05, 3.63) is 0 Å². The van der Waals surface area contributed by atoms with Crippen LogP contribution in [0.2, 0.25) is 0 Å². The van der Waals surface area contributed by atoms with E-state index in [9.17, 15) is 4.79 Å². The van der Waals surface area contributed by atoms with Crippen LogP contribution >= 0.6 is 0 Å². The summed E-state index contributed by atoms with van der Waals surface area (Å²) in [7, 11) is 0. The highest BCUT2D eigenvalue weighted by atomic mass is 16.5. The molecule has 0 fully saturated rings. The van der Waals surface area contributed by atoms with E-state index in [2.05, 4.69) is 5.32 Å². The van der Waals surface area contributed by atoms with E-state index in [1.807, 2.05) is 27.7 Å². The molecule has 0 spiro atoms. The van der Waals surface area contributed by atoms with Gasteiger partial charge in [-0.2, -0.15) is 0 Å². The van der Waals surface area contributed by atoms with Crippen molar-refractivity contribution in [2.45, 2.75) is 52.4 Å².